The van der Waals surface area contributed by atoms with Crippen molar-refractivity contribution in [3.63, 3.8) is 0 Å². The lowest BCUT2D eigenvalue weighted by atomic mass is 10.0. The largest absolute Gasteiger partial charge is 0.508 e. The molecule has 17 heteroatoms. The number of aliphatic imine (C=N–C) groups is 1. The predicted octanol–water partition coefficient (Wildman–Crippen LogP) is -1.24. The lowest BCUT2D eigenvalue weighted by Gasteiger charge is -2.26. The van der Waals surface area contributed by atoms with Crippen molar-refractivity contribution in [2.75, 3.05) is 13.1 Å². The van der Waals surface area contributed by atoms with Gasteiger partial charge in [0.2, 0.25) is 29.5 Å². The van der Waals surface area contributed by atoms with Gasteiger partial charge in [0.1, 0.15) is 29.9 Å². The number of amides is 5. The molecule has 17 nitrogen and oxygen atoms in total. The number of carboxylic acids is 1. The lowest BCUT2D eigenvalue weighted by molar-refractivity contribution is -0.142. The highest BCUT2D eigenvalue weighted by Crippen LogP contribution is 2.12. The van der Waals surface area contributed by atoms with Gasteiger partial charge in [0.25, 0.3) is 0 Å². The molecule has 0 radical (unpaired) electrons. The van der Waals surface area contributed by atoms with Crippen LogP contribution in [0.2, 0.25) is 0 Å². The van der Waals surface area contributed by atoms with Crippen LogP contribution < -0.4 is 43.8 Å². The zero-order chi connectivity index (χ0) is 38.8. The Kier molecular flexibility index (Phi) is 17.5. The van der Waals surface area contributed by atoms with E-state index in [1.807, 2.05) is 13.8 Å². The third-order valence-electron chi connectivity index (χ3n) is 7.74. The number of aromatic hydroxyl groups is 1. The number of phenolic OH excluding ortho intramolecular Hbond substituents is 1. The van der Waals surface area contributed by atoms with E-state index in [-0.39, 0.29) is 56.3 Å². The van der Waals surface area contributed by atoms with Gasteiger partial charge in [-0.2, -0.15) is 0 Å². The van der Waals surface area contributed by atoms with E-state index in [1.54, 1.807) is 42.5 Å². The minimum atomic E-state index is -1.27. The van der Waals surface area contributed by atoms with Crippen molar-refractivity contribution in [2.24, 2.45) is 28.1 Å². The summed E-state index contributed by atoms with van der Waals surface area (Å²) in [7, 11) is 0. The smallest absolute Gasteiger partial charge is 0.326 e. The molecule has 52 heavy (non-hydrogen) atoms. The van der Waals surface area contributed by atoms with Gasteiger partial charge in [0.15, 0.2) is 5.96 Å². The number of nitrogens with zero attached hydrogens (tertiary/aromatic N) is 1. The maximum atomic E-state index is 13.6. The van der Waals surface area contributed by atoms with E-state index < -0.39 is 72.3 Å². The molecule has 0 aliphatic heterocycles. The molecule has 5 unspecified atom stereocenters. The molecule has 2 aromatic carbocycles. The third-order valence-corrected chi connectivity index (χ3v) is 7.74. The summed E-state index contributed by atoms with van der Waals surface area (Å²) in [5.74, 6) is -4.83. The molecule has 2 aromatic rings. The highest BCUT2D eigenvalue weighted by molar-refractivity contribution is 5.95. The number of phenols is 1. The summed E-state index contributed by atoms with van der Waals surface area (Å²) >= 11 is 0. The van der Waals surface area contributed by atoms with Crippen molar-refractivity contribution < 1.29 is 39.0 Å². The highest BCUT2D eigenvalue weighted by Gasteiger charge is 2.30. The Labute approximate surface area is 302 Å². The second-order valence-corrected chi connectivity index (χ2v) is 12.8. The molecule has 0 aliphatic rings. The summed E-state index contributed by atoms with van der Waals surface area (Å²) in [6, 6.07) is 9.37. The first-order valence-electron chi connectivity index (χ1n) is 16.9. The van der Waals surface area contributed by atoms with Gasteiger partial charge >= 0.3 is 5.97 Å². The Balaban J connectivity index is 2.06. The fourth-order valence-electron chi connectivity index (χ4n) is 5.00. The van der Waals surface area contributed by atoms with Crippen LogP contribution in [0, 0.1) is 5.92 Å². The molecular formula is C35H51N9O8. The molecule has 13 N–H and O–H groups in total. The fourth-order valence-corrected chi connectivity index (χ4v) is 5.00. The number of hydrogen-bond acceptors (Lipinski definition) is 9. The summed E-state index contributed by atoms with van der Waals surface area (Å²) in [6.07, 6.45) is 0.679. The van der Waals surface area contributed by atoms with Gasteiger partial charge in [-0.1, -0.05) is 56.3 Å². The molecule has 2 rings (SSSR count). The van der Waals surface area contributed by atoms with E-state index in [4.69, 9.17) is 17.2 Å². The van der Waals surface area contributed by atoms with Gasteiger partial charge in [-0.3, -0.25) is 29.0 Å². The summed E-state index contributed by atoms with van der Waals surface area (Å²) in [4.78, 5) is 80.9. The number of carbonyl (C=O) groups excluding carboxylic acids is 5. The van der Waals surface area contributed by atoms with Gasteiger partial charge in [0, 0.05) is 13.0 Å². The quantitative estimate of drug-likeness (QED) is 0.0413. The Bertz CT molecular complexity index is 1530. The first kappa shape index (κ1) is 42.5. The number of nitrogens with one attached hydrogen (secondary N) is 5. The number of carboxylic acid groups (broad SMARTS) is 1. The zero-order valence-corrected chi connectivity index (χ0v) is 29.6. The Hall–Kier alpha value is -5.71. The van der Waals surface area contributed by atoms with Crippen LogP contribution in [0.3, 0.4) is 0 Å². The molecule has 0 spiro atoms. The number of guanidine groups is 1. The molecule has 0 saturated heterocycles. The Morgan fingerprint density at radius 1 is 0.731 bits per heavy atom. The van der Waals surface area contributed by atoms with E-state index in [2.05, 4.69) is 31.6 Å². The Morgan fingerprint density at radius 2 is 1.33 bits per heavy atom. The lowest BCUT2D eigenvalue weighted by Crippen LogP contribution is -2.57. The molecular weight excluding hydrogens is 674 g/mol. The average molecular weight is 726 g/mol. The average Bonchev–Trinajstić information content (AvgIpc) is 3.08. The molecule has 0 bridgehead atoms. The topological polar surface area (TPSA) is 293 Å². The van der Waals surface area contributed by atoms with E-state index in [9.17, 15) is 39.0 Å². The van der Waals surface area contributed by atoms with Gasteiger partial charge in [-0.15, -0.1) is 0 Å². The fraction of sp³-hybridized carbons (Fsp3) is 0.457. The van der Waals surface area contributed by atoms with Crippen molar-refractivity contribution in [2.45, 2.75) is 83.1 Å². The first-order valence-corrected chi connectivity index (χ1v) is 16.9. The van der Waals surface area contributed by atoms with Gasteiger partial charge in [-0.05, 0) is 61.8 Å². The molecule has 0 heterocycles. The summed E-state index contributed by atoms with van der Waals surface area (Å²) in [6.45, 7) is 4.71. The molecule has 5 amide bonds. The molecule has 0 aliphatic carbocycles. The van der Waals surface area contributed by atoms with Crippen LogP contribution in [0.4, 0.5) is 0 Å². The molecule has 0 saturated carbocycles. The summed E-state index contributed by atoms with van der Waals surface area (Å²) in [5, 5.41) is 31.8. The Morgan fingerprint density at radius 3 is 1.92 bits per heavy atom. The van der Waals surface area contributed by atoms with E-state index in [0.717, 1.165) is 0 Å². The predicted molar refractivity (Wildman–Crippen MR) is 193 cm³/mol. The van der Waals surface area contributed by atoms with E-state index >= 15 is 0 Å². The van der Waals surface area contributed by atoms with Crippen LogP contribution in [-0.2, 0) is 41.6 Å². The van der Waals surface area contributed by atoms with Crippen molar-refractivity contribution in [1.29, 1.82) is 0 Å². The monoisotopic (exact) mass is 725 g/mol. The van der Waals surface area contributed by atoms with Crippen LogP contribution in [0.25, 0.3) is 0 Å². The number of carbonyl (C=O) groups is 6. The third kappa shape index (κ3) is 15.9. The summed E-state index contributed by atoms with van der Waals surface area (Å²) < 4.78 is 0. The highest BCUT2D eigenvalue weighted by atomic mass is 16.4. The van der Waals surface area contributed by atoms with Gasteiger partial charge in [0.05, 0.1) is 12.6 Å². The SMILES string of the molecule is CC(C)CC(NC(=O)C(Cc1ccccc1)NC(=O)CNC(=O)C(C)NC(=O)C(N)Cc1ccc(O)cc1)C(=O)NC(CCCN=C(N)N)C(=O)O. The number of hydrogen-bond donors (Lipinski definition) is 10. The van der Waals surface area contributed by atoms with Crippen LogP contribution in [0.1, 0.15) is 51.2 Å². The van der Waals surface area contributed by atoms with Crippen LogP contribution >= 0.6 is 0 Å². The number of nitrogens with two attached hydrogens (primary N) is 3. The molecule has 0 fully saturated rings. The zero-order valence-electron chi connectivity index (χ0n) is 29.6. The van der Waals surface area contributed by atoms with Crippen molar-refractivity contribution in [3.05, 3.63) is 65.7 Å². The number of rotatable bonds is 21. The van der Waals surface area contributed by atoms with Gasteiger partial charge in [-0.25, -0.2) is 4.79 Å². The standard InChI is InChI=1S/C35H51N9O8/c1-20(2)16-27(32(49)43-26(34(51)52)10-7-15-39-35(37)38)44-33(50)28(18-22-8-5-4-6-9-22)42-29(46)19-40-30(47)21(3)41-31(48)25(36)17-23-11-13-24(45)14-12-23/h4-6,8-9,11-14,20-21,25-28,45H,7,10,15-19,36H2,1-3H3,(H,40,47)(H,41,48)(H,42,46)(H,43,49)(H,44,50)(H,51,52)(H4,37,38,39). The summed E-state index contributed by atoms with van der Waals surface area (Å²) in [5.41, 5.74) is 18.0. The number of aliphatic carboxylic acids is 1. The maximum Gasteiger partial charge on any atom is 0.326 e. The van der Waals surface area contributed by atoms with Crippen molar-refractivity contribution in [3.8, 4) is 5.75 Å². The van der Waals surface area contributed by atoms with Crippen molar-refractivity contribution in [1.82, 2.24) is 26.6 Å². The minimum Gasteiger partial charge on any atom is -0.508 e. The number of benzene rings is 2. The maximum absolute atomic E-state index is 13.6. The second kappa shape index (κ2) is 21.5. The molecule has 5 atom stereocenters. The molecule has 284 valence electrons. The van der Waals surface area contributed by atoms with E-state index in [0.29, 0.717) is 11.1 Å². The second-order valence-electron chi connectivity index (χ2n) is 12.8. The van der Waals surface area contributed by atoms with Crippen LogP contribution in [0.5, 0.6) is 5.75 Å². The normalized spacial score (nSPS) is 13.7. The first-order chi connectivity index (χ1) is 24.5. The van der Waals surface area contributed by atoms with Crippen molar-refractivity contribution >= 4 is 41.5 Å². The van der Waals surface area contributed by atoms with Crippen LogP contribution in [-0.4, -0.2) is 95.0 Å². The molecule has 0 aromatic heterocycles. The van der Waals surface area contributed by atoms with Gasteiger partial charge < -0.3 is 54.0 Å². The van der Waals surface area contributed by atoms with E-state index in [1.165, 1.54) is 19.1 Å². The van der Waals surface area contributed by atoms with Crippen LogP contribution in [0.15, 0.2) is 59.6 Å². The minimum absolute atomic E-state index is 0.0352.